The number of nitrogens with zero attached hydrogens (tertiary/aromatic N) is 1. The predicted octanol–water partition coefficient (Wildman–Crippen LogP) is -0.149. The number of hydrogen-bond acceptors (Lipinski definition) is 3. The number of carboxylic acid groups (broad SMARTS) is 2. The van der Waals surface area contributed by atoms with Crippen molar-refractivity contribution < 1.29 is 24.4 Å². The predicted molar refractivity (Wildman–Crippen MR) is 54.9 cm³/mol. The van der Waals surface area contributed by atoms with Gasteiger partial charge in [0.1, 0.15) is 13.1 Å². The van der Waals surface area contributed by atoms with Crippen LogP contribution in [0.1, 0.15) is 6.42 Å². The molecule has 3 N–H and O–H groups in total. The topological polar surface area (TPSA) is 90.5 Å². The molecule has 0 amide bonds. The minimum Gasteiger partial charge on any atom is -0.481 e. The Labute approximate surface area is 92.1 Å². The number of pyridine rings is 1. The number of carbonyl (C=O) groups is 2. The molecule has 1 heterocycles. The highest BCUT2D eigenvalue weighted by molar-refractivity contribution is 5.83. The number of aryl methyl sites for hydroxylation is 1. The highest BCUT2D eigenvalue weighted by Crippen LogP contribution is 2.06. The van der Waals surface area contributed by atoms with Gasteiger partial charge in [-0.3, -0.25) is 4.79 Å². The van der Waals surface area contributed by atoms with Crippen molar-refractivity contribution in [2.24, 2.45) is 7.05 Å². The van der Waals surface area contributed by atoms with Crippen LogP contribution in [0.4, 0.5) is 5.69 Å². The van der Waals surface area contributed by atoms with Gasteiger partial charge in [-0.05, 0) is 6.07 Å². The first-order valence-electron chi connectivity index (χ1n) is 4.65. The summed E-state index contributed by atoms with van der Waals surface area (Å²) in [4.78, 5) is 21.3. The second-order valence-electron chi connectivity index (χ2n) is 3.39. The highest BCUT2D eigenvalue weighted by Gasteiger charge is 2.21. The molecule has 0 aliphatic carbocycles. The van der Waals surface area contributed by atoms with Gasteiger partial charge in [0.15, 0.2) is 12.4 Å². The van der Waals surface area contributed by atoms with E-state index in [1.54, 1.807) is 36.1 Å². The number of rotatable bonds is 5. The molecule has 0 aliphatic heterocycles. The van der Waals surface area contributed by atoms with Crippen molar-refractivity contribution in [3.63, 3.8) is 0 Å². The molecule has 0 fully saturated rings. The number of hydrogen-bond donors (Lipinski definition) is 3. The lowest BCUT2D eigenvalue weighted by Gasteiger charge is -2.12. The normalized spacial score (nSPS) is 11.8. The maximum absolute atomic E-state index is 10.8. The molecular weight excluding hydrogens is 212 g/mol. The Morgan fingerprint density at radius 1 is 1.50 bits per heavy atom. The van der Waals surface area contributed by atoms with Gasteiger partial charge in [-0.15, -0.1) is 0 Å². The van der Waals surface area contributed by atoms with Crippen LogP contribution in [0.2, 0.25) is 0 Å². The molecule has 0 aromatic carbocycles. The van der Waals surface area contributed by atoms with Crippen molar-refractivity contribution in [3.8, 4) is 0 Å². The lowest BCUT2D eigenvalue weighted by atomic mass is 10.2. The van der Waals surface area contributed by atoms with E-state index in [1.165, 1.54) is 0 Å². The van der Waals surface area contributed by atoms with E-state index in [1.807, 2.05) is 0 Å². The Bertz CT molecular complexity index is 406. The van der Waals surface area contributed by atoms with Gasteiger partial charge in [0.25, 0.3) is 0 Å². The van der Waals surface area contributed by atoms with Gasteiger partial charge in [0.05, 0.1) is 12.1 Å². The van der Waals surface area contributed by atoms with Gasteiger partial charge >= 0.3 is 11.9 Å². The highest BCUT2D eigenvalue weighted by atomic mass is 16.4. The summed E-state index contributed by atoms with van der Waals surface area (Å²) in [7, 11) is 1.79. The maximum Gasteiger partial charge on any atom is 0.326 e. The van der Waals surface area contributed by atoms with Crippen LogP contribution >= 0.6 is 0 Å². The van der Waals surface area contributed by atoms with E-state index in [0.29, 0.717) is 5.69 Å². The van der Waals surface area contributed by atoms with Gasteiger partial charge in [-0.25, -0.2) is 9.36 Å². The van der Waals surface area contributed by atoms with Crippen LogP contribution in [0.15, 0.2) is 24.5 Å². The summed E-state index contributed by atoms with van der Waals surface area (Å²) in [6.45, 7) is 0. The molecule has 16 heavy (non-hydrogen) atoms. The van der Waals surface area contributed by atoms with Crippen LogP contribution < -0.4 is 9.88 Å². The molecule has 6 nitrogen and oxygen atoms in total. The molecule has 1 unspecified atom stereocenters. The van der Waals surface area contributed by atoms with E-state index >= 15 is 0 Å². The summed E-state index contributed by atoms with van der Waals surface area (Å²) >= 11 is 0. The Morgan fingerprint density at radius 3 is 2.69 bits per heavy atom. The molecule has 1 aromatic rings. The van der Waals surface area contributed by atoms with Gasteiger partial charge < -0.3 is 15.5 Å². The van der Waals surface area contributed by atoms with Crippen LogP contribution in [0.5, 0.6) is 0 Å². The van der Waals surface area contributed by atoms with E-state index in [2.05, 4.69) is 5.32 Å². The van der Waals surface area contributed by atoms with Gasteiger partial charge in [0, 0.05) is 6.07 Å². The van der Waals surface area contributed by atoms with E-state index in [9.17, 15) is 9.59 Å². The van der Waals surface area contributed by atoms with Crippen molar-refractivity contribution >= 4 is 17.6 Å². The Kier molecular flexibility index (Phi) is 3.82. The summed E-state index contributed by atoms with van der Waals surface area (Å²) in [5.41, 5.74) is 0.568. The minimum atomic E-state index is -1.19. The fourth-order valence-corrected chi connectivity index (χ4v) is 1.25. The number of anilines is 1. The van der Waals surface area contributed by atoms with Crippen LogP contribution in [0.3, 0.4) is 0 Å². The standard InChI is InChI=1S/C10H12N2O4/c1-12-4-2-3-7(6-12)11-8(10(15)16)5-9(13)14/h2-4,6,8,11H,5H2,1H3,(H-,13,14,15,16)/p+1. The van der Waals surface area contributed by atoms with Crippen molar-refractivity contribution in [2.75, 3.05) is 5.32 Å². The number of nitrogens with one attached hydrogen (secondary N) is 1. The smallest absolute Gasteiger partial charge is 0.326 e. The monoisotopic (exact) mass is 225 g/mol. The van der Waals surface area contributed by atoms with Gasteiger partial charge in [0.2, 0.25) is 0 Å². The van der Waals surface area contributed by atoms with Crippen LogP contribution in [0.25, 0.3) is 0 Å². The largest absolute Gasteiger partial charge is 0.481 e. The lowest BCUT2D eigenvalue weighted by molar-refractivity contribution is -0.670. The van der Waals surface area contributed by atoms with E-state index in [0.717, 1.165) is 0 Å². The molecular formula is C10H13N2O4+. The number of aliphatic carboxylic acids is 2. The van der Waals surface area contributed by atoms with E-state index in [-0.39, 0.29) is 0 Å². The maximum atomic E-state index is 10.8. The summed E-state index contributed by atoms with van der Waals surface area (Å²) in [6, 6.07) is 2.29. The molecule has 0 saturated carbocycles. The first-order chi connectivity index (χ1) is 7.49. The van der Waals surface area contributed by atoms with E-state index < -0.39 is 24.4 Å². The molecule has 0 radical (unpaired) electrons. The summed E-state index contributed by atoms with van der Waals surface area (Å²) in [5.74, 6) is -2.34. The lowest BCUT2D eigenvalue weighted by Crippen LogP contribution is -2.33. The van der Waals surface area contributed by atoms with Crippen molar-refractivity contribution in [1.29, 1.82) is 0 Å². The SMILES string of the molecule is C[n+]1cccc(NC(CC(=O)O)C(=O)O)c1. The van der Waals surface area contributed by atoms with Crippen molar-refractivity contribution in [3.05, 3.63) is 24.5 Å². The molecule has 0 spiro atoms. The minimum absolute atomic E-state index is 0.464. The molecule has 6 heteroatoms. The number of aromatic nitrogens is 1. The third-order valence-electron chi connectivity index (χ3n) is 1.96. The Hall–Kier alpha value is -2.11. The summed E-state index contributed by atoms with van der Waals surface area (Å²) < 4.78 is 1.74. The third kappa shape index (κ3) is 3.56. The second-order valence-corrected chi connectivity index (χ2v) is 3.39. The molecule has 0 saturated heterocycles. The van der Waals surface area contributed by atoms with Gasteiger partial charge in [-0.1, -0.05) is 0 Å². The molecule has 86 valence electrons. The van der Waals surface area contributed by atoms with Crippen LogP contribution in [-0.2, 0) is 16.6 Å². The third-order valence-corrected chi connectivity index (χ3v) is 1.96. The Balaban J connectivity index is 2.75. The second kappa shape index (κ2) is 5.11. The number of carboxylic acids is 2. The first-order valence-corrected chi connectivity index (χ1v) is 4.65. The molecule has 1 rings (SSSR count). The Morgan fingerprint density at radius 2 is 2.19 bits per heavy atom. The fraction of sp³-hybridized carbons (Fsp3) is 0.300. The summed E-state index contributed by atoms with van der Waals surface area (Å²) in [6.07, 6.45) is 3.00. The first kappa shape index (κ1) is 12.0. The zero-order valence-electron chi connectivity index (χ0n) is 8.75. The fourth-order valence-electron chi connectivity index (χ4n) is 1.25. The van der Waals surface area contributed by atoms with Crippen LogP contribution in [-0.4, -0.2) is 28.2 Å². The van der Waals surface area contributed by atoms with Crippen LogP contribution in [0, 0.1) is 0 Å². The van der Waals surface area contributed by atoms with Crippen molar-refractivity contribution in [2.45, 2.75) is 12.5 Å². The quantitative estimate of drug-likeness (QED) is 0.606. The zero-order valence-corrected chi connectivity index (χ0v) is 8.75. The molecule has 1 atom stereocenters. The molecule has 0 bridgehead atoms. The average molecular weight is 225 g/mol. The molecule has 1 aromatic heterocycles. The average Bonchev–Trinajstić information content (AvgIpc) is 2.15. The van der Waals surface area contributed by atoms with Crippen molar-refractivity contribution in [1.82, 2.24) is 0 Å². The summed E-state index contributed by atoms with van der Waals surface area (Å²) in [5, 5.41) is 20.0. The van der Waals surface area contributed by atoms with E-state index in [4.69, 9.17) is 10.2 Å². The van der Waals surface area contributed by atoms with Gasteiger partial charge in [-0.2, -0.15) is 0 Å². The molecule has 0 aliphatic rings. The zero-order chi connectivity index (χ0) is 12.1.